The molecule has 0 amide bonds. The van der Waals surface area contributed by atoms with Crippen molar-refractivity contribution in [3.05, 3.63) is 0 Å². The molecule has 1 N–H and O–H groups in total. The quantitative estimate of drug-likeness (QED) is 0.391. The van der Waals surface area contributed by atoms with Crippen LogP contribution in [0.2, 0.25) is 0 Å². The van der Waals surface area contributed by atoms with Crippen molar-refractivity contribution in [3.63, 3.8) is 0 Å². The van der Waals surface area contributed by atoms with Gasteiger partial charge in [0, 0.05) is 0 Å². The molecule has 0 bridgehead atoms. The standard InChI is InChI=1S/C5H4F9IO4S/c1-20(17,18)19-15(16)5(13,14)3(8,9)2(6,7)4(10,11)12/h16H,1H3. The van der Waals surface area contributed by atoms with Crippen molar-refractivity contribution in [2.75, 3.05) is 6.26 Å². The molecule has 0 aromatic rings. The molecule has 0 aromatic carbocycles. The zero-order valence-corrected chi connectivity index (χ0v) is 11.8. The molecule has 0 unspecified atom stereocenters. The first-order valence-corrected chi connectivity index (χ1v) is 8.61. The van der Waals surface area contributed by atoms with E-state index in [1.165, 1.54) is 0 Å². The van der Waals surface area contributed by atoms with Gasteiger partial charge in [0.05, 0.1) is 0 Å². The maximum atomic E-state index is 12.9. The first kappa shape index (κ1) is 20.0. The molecule has 0 rings (SSSR count). The van der Waals surface area contributed by atoms with Gasteiger partial charge in [-0.15, -0.1) is 0 Å². The van der Waals surface area contributed by atoms with Crippen LogP contribution in [0.25, 0.3) is 0 Å². The van der Waals surface area contributed by atoms with E-state index in [2.05, 4.69) is 2.51 Å². The van der Waals surface area contributed by atoms with Gasteiger partial charge in [-0.3, -0.25) is 0 Å². The van der Waals surface area contributed by atoms with Gasteiger partial charge < -0.3 is 0 Å². The summed E-state index contributed by atoms with van der Waals surface area (Å²) in [5.41, 5.74) is 0. The summed E-state index contributed by atoms with van der Waals surface area (Å²) in [6.07, 6.45) is -7.05. The van der Waals surface area contributed by atoms with Crippen LogP contribution in [0.3, 0.4) is 0 Å². The third kappa shape index (κ3) is 3.59. The molecule has 0 atom stereocenters. The van der Waals surface area contributed by atoms with E-state index in [1.54, 1.807) is 0 Å². The first-order valence-electron chi connectivity index (χ1n) is 3.87. The van der Waals surface area contributed by atoms with Crippen molar-refractivity contribution in [2.24, 2.45) is 0 Å². The predicted octanol–water partition coefficient (Wildman–Crippen LogP) is 2.72. The molecular weight excluding hydrogens is 454 g/mol. The summed E-state index contributed by atoms with van der Waals surface area (Å²) in [5.74, 6) is -14.3. The second kappa shape index (κ2) is 5.31. The summed E-state index contributed by atoms with van der Waals surface area (Å²) < 4.78 is 137. The molecule has 0 fully saturated rings. The predicted molar refractivity (Wildman–Crippen MR) is 53.1 cm³/mol. The molecule has 0 aromatic heterocycles. The summed E-state index contributed by atoms with van der Waals surface area (Å²) >= 11 is -6.18. The molecule has 0 heterocycles. The molecule has 0 aliphatic rings. The molecule has 0 aliphatic heterocycles. The van der Waals surface area contributed by atoms with Gasteiger partial charge in [0.15, 0.2) is 0 Å². The maximum absolute atomic E-state index is 12.9. The molecule has 0 saturated carbocycles. The summed E-state index contributed by atoms with van der Waals surface area (Å²) in [4.78, 5) is 0. The molecule has 15 heteroatoms. The van der Waals surface area contributed by atoms with Gasteiger partial charge in [-0.25, -0.2) is 0 Å². The summed E-state index contributed by atoms with van der Waals surface area (Å²) in [6, 6.07) is 0. The van der Waals surface area contributed by atoms with E-state index in [1.807, 2.05) is 0 Å². The average molecular weight is 458 g/mol. The minimum absolute atomic E-state index is 0.00379. The Morgan fingerprint density at radius 3 is 1.50 bits per heavy atom. The summed E-state index contributed by atoms with van der Waals surface area (Å²) in [7, 11) is -4.97. The van der Waals surface area contributed by atoms with Crippen LogP contribution in [-0.2, 0) is 12.6 Å². The van der Waals surface area contributed by atoms with Crippen LogP contribution in [0.4, 0.5) is 39.5 Å². The van der Waals surface area contributed by atoms with Crippen molar-refractivity contribution >= 4 is 30.8 Å². The number of rotatable bonds is 5. The monoisotopic (exact) mass is 458 g/mol. The molecular formula is C5H4F9IO4S. The molecule has 20 heavy (non-hydrogen) atoms. The molecule has 124 valence electrons. The van der Waals surface area contributed by atoms with Crippen LogP contribution in [-0.4, -0.2) is 40.1 Å². The zero-order chi connectivity index (χ0) is 16.8. The third-order valence-electron chi connectivity index (χ3n) is 1.48. The van der Waals surface area contributed by atoms with Gasteiger partial charge in [0.1, 0.15) is 0 Å². The van der Waals surface area contributed by atoms with E-state index in [0.717, 1.165) is 0 Å². The summed E-state index contributed by atoms with van der Waals surface area (Å²) in [5, 5.41) is 0. The van der Waals surface area contributed by atoms with Crippen LogP contribution in [0.1, 0.15) is 0 Å². The number of hydrogen-bond acceptors (Lipinski definition) is 4. The molecule has 0 radical (unpaired) electrons. The van der Waals surface area contributed by atoms with Crippen LogP contribution < -0.4 is 0 Å². The topological polar surface area (TPSA) is 63.6 Å². The number of hydrogen-bond donors (Lipinski definition) is 1. The van der Waals surface area contributed by atoms with Gasteiger partial charge in [-0.05, 0) is 0 Å². The van der Waals surface area contributed by atoms with Gasteiger partial charge in [-0.1, -0.05) is 0 Å². The molecule has 4 nitrogen and oxygen atoms in total. The Kier molecular flexibility index (Phi) is 5.30. The van der Waals surface area contributed by atoms with Crippen molar-refractivity contribution in [3.8, 4) is 0 Å². The van der Waals surface area contributed by atoms with Crippen LogP contribution in [0.15, 0.2) is 0 Å². The van der Waals surface area contributed by atoms with Gasteiger partial charge in [0.2, 0.25) is 0 Å². The van der Waals surface area contributed by atoms with Gasteiger partial charge in [0.25, 0.3) is 0 Å². The number of alkyl halides is 10. The van der Waals surface area contributed by atoms with Crippen LogP contribution in [0, 0.1) is 0 Å². The Balaban J connectivity index is 5.69. The Bertz CT molecular complexity index is 457. The van der Waals surface area contributed by atoms with Crippen molar-refractivity contribution < 1.29 is 53.9 Å². The third-order valence-corrected chi connectivity index (χ3v) is 6.65. The van der Waals surface area contributed by atoms with E-state index in [9.17, 15) is 47.9 Å². The van der Waals surface area contributed by atoms with Gasteiger partial charge in [-0.2, -0.15) is 0 Å². The van der Waals surface area contributed by atoms with Crippen LogP contribution >= 0.6 is 20.6 Å². The van der Waals surface area contributed by atoms with Gasteiger partial charge >= 0.3 is 113 Å². The van der Waals surface area contributed by atoms with Crippen molar-refractivity contribution in [1.29, 1.82) is 0 Å². The Labute approximate surface area is 113 Å². The SMILES string of the molecule is CS(=O)(=O)OI(O)C(F)(F)C(F)(F)C(F)(F)C(F)(F)F. The Morgan fingerprint density at radius 1 is 0.900 bits per heavy atom. The fourth-order valence-corrected chi connectivity index (χ4v) is 4.35. The van der Waals surface area contributed by atoms with E-state index in [-0.39, 0.29) is 6.26 Å². The Hall–Kier alpha value is -0.0300. The molecule has 0 aliphatic carbocycles. The van der Waals surface area contributed by atoms with Crippen molar-refractivity contribution in [2.45, 2.75) is 22.0 Å². The van der Waals surface area contributed by atoms with Crippen molar-refractivity contribution in [1.82, 2.24) is 0 Å². The second-order valence-corrected chi connectivity index (χ2v) is 8.43. The summed E-state index contributed by atoms with van der Waals surface area (Å²) in [6.45, 7) is 0. The van der Waals surface area contributed by atoms with E-state index in [4.69, 9.17) is 3.44 Å². The Morgan fingerprint density at radius 2 is 1.25 bits per heavy atom. The molecule has 0 spiro atoms. The average Bonchev–Trinajstić information content (AvgIpc) is 2.12. The van der Waals surface area contributed by atoms with Crippen LogP contribution in [0.5, 0.6) is 0 Å². The minimum atomic E-state index is -7.21. The fraction of sp³-hybridized carbons (Fsp3) is 1.00. The molecule has 0 saturated heterocycles. The normalized spacial score (nSPS) is 16.2. The zero-order valence-electron chi connectivity index (χ0n) is 8.86. The van der Waals surface area contributed by atoms with E-state index >= 15 is 0 Å². The second-order valence-electron chi connectivity index (χ2n) is 3.14. The van der Waals surface area contributed by atoms with E-state index < -0.39 is 52.7 Å². The first-order chi connectivity index (χ1) is 8.38. The number of halogens is 10. The van der Waals surface area contributed by atoms with E-state index in [0.29, 0.717) is 0 Å². The fourth-order valence-electron chi connectivity index (χ4n) is 0.605.